The van der Waals surface area contributed by atoms with Gasteiger partial charge in [-0.15, -0.1) is 0 Å². The van der Waals surface area contributed by atoms with Gasteiger partial charge < -0.3 is 15.0 Å². The van der Waals surface area contributed by atoms with Gasteiger partial charge in [-0.1, -0.05) is 30.3 Å². The molecule has 1 aliphatic rings. The van der Waals surface area contributed by atoms with E-state index in [0.717, 1.165) is 31.2 Å². The van der Waals surface area contributed by atoms with E-state index < -0.39 is 0 Å². The Hall–Kier alpha value is -1.88. The van der Waals surface area contributed by atoms with Crippen LogP contribution in [0.25, 0.3) is 0 Å². The highest BCUT2D eigenvalue weighted by Crippen LogP contribution is 2.30. The van der Waals surface area contributed by atoms with Crippen molar-refractivity contribution in [2.45, 2.75) is 32.2 Å². The minimum Gasteiger partial charge on any atom is -0.383 e. The Balaban J connectivity index is 1.76. The summed E-state index contributed by atoms with van der Waals surface area (Å²) in [5.41, 5.74) is 1.14. The predicted molar refractivity (Wildman–Crippen MR) is 93.2 cm³/mol. The molecule has 2 amide bonds. The zero-order valence-corrected chi connectivity index (χ0v) is 14.7. The van der Waals surface area contributed by atoms with E-state index in [-0.39, 0.29) is 23.7 Å². The smallest absolute Gasteiger partial charge is 0.225 e. The fraction of sp³-hybridized carbons (Fsp3) is 0.579. The molecule has 2 rings (SSSR count). The molecule has 1 fully saturated rings. The molecular weight excluding hydrogens is 304 g/mol. The van der Waals surface area contributed by atoms with Gasteiger partial charge in [-0.2, -0.15) is 0 Å². The van der Waals surface area contributed by atoms with Crippen LogP contribution in [0.1, 0.15) is 31.2 Å². The van der Waals surface area contributed by atoms with E-state index in [9.17, 15) is 9.59 Å². The van der Waals surface area contributed by atoms with Gasteiger partial charge >= 0.3 is 0 Å². The Kier molecular flexibility index (Phi) is 7.25. The third-order valence-corrected chi connectivity index (χ3v) is 4.69. The monoisotopic (exact) mass is 332 g/mol. The topological polar surface area (TPSA) is 58.6 Å². The highest BCUT2D eigenvalue weighted by molar-refractivity contribution is 5.81. The number of rotatable bonds is 7. The number of methoxy groups -OCH3 is 1. The highest BCUT2D eigenvalue weighted by atomic mass is 16.5. The molecule has 24 heavy (non-hydrogen) atoms. The Morgan fingerprint density at radius 3 is 2.38 bits per heavy atom. The van der Waals surface area contributed by atoms with Gasteiger partial charge in [0.1, 0.15) is 0 Å². The lowest BCUT2D eigenvalue weighted by Gasteiger charge is -2.30. The average Bonchev–Trinajstić information content (AvgIpc) is 2.62. The molecule has 0 radical (unpaired) electrons. The van der Waals surface area contributed by atoms with E-state index in [0.29, 0.717) is 19.7 Å². The number of nitrogens with one attached hydrogen (secondary N) is 1. The number of amides is 2. The van der Waals surface area contributed by atoms with Crippen LogP contribution in [-0.4, -0.2) is 44.0 Å². The van der Waals surface area contributed by atoms with Crippen LogP contribution in [0.4, 0.5) is 0 Å². The van der Waals surface area contributed by atoms with Crippen LogP contribution in [0.15, 0.2) is 30.3 Å². The minimum atomic E-state index is 0.0327. The molecule has 0 spiro atoms. The number of benzene rings is 1. The number of ether oxygens (including phenoxy) is 1. The van der Waals surface area contributed by atoms with Crippen molar-refractivity contribution in [2.24, 2.45) is 11.8 Å². The Morgan fingerprint density at radius 1 is 1.12 bits per heavy atom. The summed E-state index contributed by atoms with van der Waals surface area (Å²) in [5, 5.41) is 2.89. The summed E-state index contributed by atoms with van der Waals surface area (Å²) >= 11 is 0. The average molecular weight is 332 g/mol. The first-order valence-electron chi connectivity index (χ1n) is 8.67. The van der Waals surface area contributed by atoms with Gasteiger partial charge in [-0.25, -0.2) is 0 Å². The molecular formula is C19H28N2O3. The van der Waals surface area contributed by atoms with Gasteiger partial charge in [0.15, 0.2) is 0 Å². The first-order valence-corrected chi connectivity index (χ1v) is 8.67. The zero-order valence-electron chi connectivity index (χ0n) is 14.7. The Bertz CT molecular complexity index is 525. The van der Waals surface area contributed by atoms with Crippen LogP contribution in [0.2, 0.25) is 0 Å². The quantitative estimate of drug-likeness (QED) is 0.779. The van der Waals surface area contributed by atoms with E-state index in [1.807, 2.05) is 37.4 Å². The number of nitrogens with zero attached hydrogens (tertiary/aromatic N) is 1. The molecule has 5 nitrogen and oxygen atoms in total. The lowest BCUT2D eigenvalue weighted by molar-refractivity contribution is -0.137. The van der Waals surface area contributed by atoms with Gasteiger partial charge in [0, 0.05) is 39.1 Å². The molecule has 0 aromatic heterocycles. The van der Waals surface area contributed by atoms with E-state index in [1.54, 1.807) is 12.0 Å². The molecule has 1 aromatic rings. The minimum absolute atomic E-state index is 0.0327. The predicted octanol–water partition coefficient (Wildman–Crippen LogP) is 2.21. The second-order valence-electron chi connectivity index (χ2n) is 6.51. The van der Waals surface area contributed by atoms with Crippen molar-refractivity contribution in [3.63, 3.8) is 0 Å². The summed E-state index contributed by atoms with van der Waals surface area (Å²) < 4.78 is 4.94. The third-order valence-electron chi connectivity index (χ3n) is 4.69. The molecule has 1 N–H and O–H groups in total. The van der Waals surface area contributed by atoms with Crippen molar-refractivity contribution < 1.29 is 14.3 Å². The van der Waals surface area contributed by atoms with Crippen LogP contribution >= 0.6 is 0 Å². The normalized spacial score (nSPS) is 20.4. The van der Waals surface area contributed by atoms with Crippen molar-refractivity contribution in [1.82, 2.24) is 10.2 Å². The van der Waals surface area contributed by atoms with Crippen LogP contribution in [0, 0.1) is 11.8 Å². The number of carbonyl (C=O) groups is 2. The van der Waals surface area contributed by atoms with E-state index in [2.05, 4.69) is 5.32 Å². The molecule has 0 aliphatic heterocycles. The maximum Gasteiger partial charge on any atom is 0.225 e. The summed E-state index contributed by atoms with van der Waals surface area (Å²) in [6.45, 7) is 1.72. The van der Waals surface area contributed by atoms with Gasteiger partial charge in [-0.05, 0) is 31.2 Å². The van der Waals surface area contributed by atoms with Crippen LogP contribution < -0.4 is 5.32 Å². The summed E-state index contributed by atoms with van der Waals surface area (Å²) in [6.07, 6.45) is 3.16. The highest BCUT2D eigenvalue weighted by Gasteiger charge is 2.31. The zero-order chi connectivity index (χ0) is 17.4. The standard InChI is InChI=1S/C19H28N2O3/c1-21(14-15-6-4-3-5-7-15)19(23)17-10-8-16(9-11-17)18(22)20-12-13-24-2/h3-7,16-17H,8-14H2,1-2H3,(H,20,22). The molecule has 132 valence electrons. The maximum atomic E-state index is 12.6. The first-order chi connectivity index (χ1) is 11.6. The van der Waals surface area contributed by atoms with Crippen LogP contribution in [0.3, 0.4) is 0 Å². The van der Waals surface area contributed by atoms with Gasteiger partial charge in [0.05, 0.1) is 6.61 Å². The van der Waals surface area contributed by atoms with Crippen molar-refractivity contribution >= 4 is 11.8 Å². The Morgan fingerprint density at radius 2 is 1.75 bits per heavy atom. The van der Waals surface area contributed by atoms with Crippen molar-refractivity contribution in [2.75, 3.05) is 27.3 Å². The summed E-state index contributed by atoms with van der Waals surface area (Å²) in [4.78, 5) is 26.5. The molecule has 1 saturated carbocycles. The lowest BCUT2D eigenvalue weighted by atomic mass is 9.81. The van der Waals surface area contributed by atoms with E-state index in [1.165, 1.54) is 0 Å². The van der Waals surface area contributed by atoms with Crippen LogP contribution in [0.5, 0.6) is 0 Å². The summed E-state index contributed by atoms with van der Waals surface area (Å²) in [7, 11) is 3.48. The van der Waals surface area contributed by atoms with Crippen molar-refractivity contribution in [3.8, 4) is 0 Å². The van der Waals surface area contributed by atoms with Gasteiger partial charge in [0.2, 0.25) is 11.8 Å². The molecule has 0 unspecified atom stereocenters. The van der Waals surface area contributed by atoms with E-state index >= 15 is 0 Å². The lowest BCUT2D eigenvalue weighted by Crippen LogP contribution is -2.38. The fourth-order valence-corrected chi connectivity index (χ4v) is 3.27. The largest absolute Gasteiger partial charge is 0.383 e. The molecule has 0 atom stereocenters. The second kappa shape index (κ2) is 9.42. The van der Waals surface area contributed by atoms with Crippen molar-refractivity contribution in [1.29, 1.82) is 0 Å². The molecule has 0 bridgehead atoms. The number of carbonyl (C=O) groups excluding carboxylic acids is 2. The van der Waals surface area contributed by atoms with Crippen molar-refractivity contribution in [3.05, 3.63) is 35.9 Å². The summed E-state index contributed by atoms with van der Waals surface area (Å²) in [5.74, 6) is 0.361. The molecule has 1 aliphatic carbocycles. The van der Waals surface area contributed by atoms with Gasteiger partial charge in [0.25, 0.3) is 0 Å². The summed E-state index contributed by atoms with van der Waals surface area (Å²) in [6, 6.07) is 10.0. The maximum absolute atomic E-state index is 12.6. The number of hydrogen-bond acceptors (Lipinski definition) is 3. The third kappa shape index (κ3) is 5.34. The Labute approximate surface area is 144 Å². The molecule has 0 saturated heterocycles. The fourth-order valence-electron chi connectivity index (χ4n) is 3.27. The number of hydrogen-bond donors (Lipinski definition) is 1. The van der Waals surface area contributed by atoms with Crippen LogP contribution in [-0.2, 0) is 20.9 Å². The first kappa shape index (κ1) is 18.5. The second-order valence-corrected chi connectivity index (χ2v) is 6.51. The molecule has 1 aromatic carbocycles. The van der Waals surface area contributed by atoms with Gasteiger partial charge in [-0.3, -0.25) is 9.59 Å². The SMILES string of the molecule is COCCNC(=O)C1CCC(C(=O)N(C)Cc2ccccc2)CC1. The molecule has 0 heterocycles. The van der Waals surface area contributed by atoms with E-state index in [4.69, 9.17) is 4.74 Å². The molecule has 5 heteroatoms.